The monoisotopic (exact) mass is 226 g/mol. The van der Waals surface area contributed by atoms with Crippen molar-refractivity contribution in [1.29, 1.82) is 0 Å². The average Bonchev–Trinajstić information content (AvgIpc) is 2.30. The summed E-state index contributed by atoms with van der Waals surface area (Å²) in [5, 5.41) is 3.20. The van der Waals surface area contributed by atoms with Crippen LogP contribution in [0.2, 0.25) is 0 Å². The molecule has 1 rings (SSSR count). The van der Waals surface area contributed by atoms with Crippen LogP contribution in [-0.4, -0.2) is 37.0 Å². The van der Waals surface area contributed by atoms with E-state index in [0.29, 0.717) is 12.3 Å². The van der Waals surface area contributed by atoms with Gasteiger partial charge in [0.15, 0.2) is 0 Å². The summed E-state index contributed by atoms with van der Waals surface area (Å²) in [5.74, 6) is 1.19. The first-order valence-electron chi connectivity index (χ1n) is 6.76. The number of piperidine rings is 1. The van der Waals surface area contributed by atoms with E-state index in [4.69, 9.17) is 0 Å². The van der Waals surface area contributed by atoms with Gasteiger partial charge in [0.25, 0.3) is 0 Å². The quantitative estimate of drug-likeness (QED) is 0.703. The van der Waals surface area contributed by atoms with Gasteiger partial charge in [-0.05, 0) is 25.3 Å². The molecule has 0 radical (unpaired) electrons. The second-order valence-electron chi connectivity index (χ2n) is 4.72. The molecule has 0 unspecified atom stereocenters. The highest BCUT2D eigenvalue weighted by atomic mass is 16.2. The van der Waals surface area contributed by atoms with Gasteiger partial charge in [-0.2, -0.15) is 0 Å². The van der Waals surface area contributed by atoms with Gasteiger partial charge in [-0.1, -0.05) is 26.7 Å². The molecular weight excluding hydrogens is 200 g/mol. The standard InChI is InChI=1S/C13H26N2O/c1-3-5-12-7-10-15(11-8-12)13(16)6-9-14-4-2/h12,14H,3-11H2,1-2H3. The van der Waals surface area contributed by atoms with E-state index in [0.717, 1.165) is 32.1 Å². The van der Waals surface area contributed by atoms with Crippen LogP contribution >= 0.6 is 0 Å². The van der Waals surface area contributed by atoms with Gasteiger partial charge in [-0.25, -0.2) is 0 Å². The lowest BCUT2D eigenvalue weighted by atomic mass is 9.92. The number of likely N-dealkylation sites (tertiary alicyclic amines) is 1. The van der Waals surface area contributed by atoms with Gasteiger partial charge in [0.05, 0.1) is 0 Å². The molecule has 0 aromatic rings. The van der Waals surface area contributed by atoms with Crippen molar-refractivity contribution in [3.8, 4) is 0 Å². The van der Waals surface area contributed by atoms with E-state index in [1.54, 1.807) is 0 Å². The zero-order valence-corrected chi connectivity index (χ0v) is 10.8. The third-order valence-electron chi connectivity index (χ3n) is 3.43. The third-order valence-corrected chi connectivity index (χ3v) is 3.43. The van der Waals surface area contributed by atoms with Crippen molar-refractivity contribution in [3.63, 3.8) is 0 Å². The Bertz CT molecular complexity index is 198. The zero-order chi connectivity index (χ0) is 11.8. The van der Waals surface area contributed by atoms with Crippen LogP contribution < -0.4 is 5.32 Å². The minimum atomic E-state index is 0.330. The van der Waals surface area contributed by atoms with Crippen LogP contribution in [0.1, 0.15) is 46.0 Å². The maximum Gasteiger partial charge on any atom is 0.223 e. The molecule has 0 saturated carbocycles. The number of nitrogens with one attached hydrogen (secondary N) is 1. The van der Waals surface area contributed by atoms with Gasteiger partial charge in [0.2, 0.25) is 5.91 Å². The Balaban J connectivity index is 2.17. The normalized spacial score (nSPS) is 17.8. The first-order valence-corrected chi connectivity index (χ1v) is 6.76. The van der Waals surface area contributed by atoms with Crippen molar-refractivity contribution >= 4 is 5.91 Å². The summed E-state index contributed by atoms with van der Waals surface area (Å²) < 4.78 is 0. The highest BCUT2D eigenvalue weighted by Gasteiger charge is 2.21. The van der Waals surface area contributed by atoms with Crippen LogP contribution in [0, 0.1) is 5.92 Å². The van der Waals surface area contributed by atoms with Crippen LogP contribution in [0.5, 0.6) is 0 Å². The Kier molecular flexibility index (Phi) is 6.46. The molecule has 1 aliphatic heterocycles. The maximum absolute atomic E-state index is 11.8. The lowest BCUT2D eigenvalue weighted by Gasteiger charge is -2.32. The fourth-order valence-electron chi connectivity index (χ4n) is 2.41. The second kappa shape index (κ2) is 7.66. The molecule has 16 heavy (non-hydrogen) atoms. The molecule has 1 N–H and O–H groups in total. The van der Waals surface area contributed by atoms with E-state index in [9.17, 15) is 4.79 Å². The van der Waals surface area contributed by atoms with Gasteiger partial charge in [0, 0.05) is 26.1 Å². The molecule has 0 bridgehead atoms. The fraction of sp³-hybridized carbons (Fsp3) is 0.923. The van der Waals surface area contributed by atoms with Crippen molar-refractivity contribution in [2.24, 2.45) is 5.92 Å². The summed E-state index contributed by atoms with van der Waals surface area (Å²) in [6.07, 6.45) is 5.69. The predicted molar refractivity (Wildman–Crippen MR) is 67.4 cm³/mol. The molecular formula is C13H26N2O. The van der Waals surface area contributed by atoms with Crippen molar-refractivity contribution in [2.75, 3.05) is 26.2 Å². The van der Waals surface area contributed by atoms with Crippen molar-refractivity contribution in [1.82, 2.24) is 10.2 Å². The number of hydrogen-bond acceptors (Lipinski definition) is 2. The summed E-state index contributed by atoms with van der Waals surface area (Å²) >= 11 is 0. The Labute approximate surface area is 99.6 Å². The molecule has 3 heteroatoms. The summed E-state index contributed by atoms with van der Waals surface area (Å²) in [4.78, 5) is 13.9. The number of rotatable bonds is 6. The molecule has 0 aromatic carbocycles. The lowest BCUT2D eigenvalue weighted by Crippen LogP contribution is -2.39. The lowest BCUT2D eigenvalue weighted by molar-refractivity contribution is -0.132. The fourth-order valence-corrected chi connectivity index (χ4v) is 2.41. The SMILES string of the molecule is CCCC1CCN(C(=O)CCNCC)CC1. The predicted octanol–water partition coefficient (Wildman–Crippen LogP) is 2.02. The van der Waals surface area contributed by atoms with Gasteiger partial charge >= 0.3 is 0 Å². The largest absolute Gasteiger partial charge is 0.343 e. The van der Waals surface area contributed by atoms with Crippen LogP contribution in [0.3, 0.4) is 0 Å². The topological polar surface area (TPSA) is 32.3 Å². The van der Waals surface area contributed by atoms with E-state index in [1.807, 2.05) is 4.90 Å². The van der Waals surface area contributed by atoms with Gasteiger partial charge in [-0.15, -0.1) is 0 Å². The van der Waals surface area contributed by atoms with Crippen LogP contribution in [0.15, 0.2) is 0 Å². The van der Waals surface area contributed by atoms with E-state index in [1.165, 1.54) is 25.7 Å². The number of hydrogen-bond donors (Lipinski definition) is 1. The van der Waals surface area contributed by atoms with E-state index >= 15 is 0 Å². The summed E-state index contributed by atoms with van der Waals surface area (Å²) in [7, 11) is 0. The average molecular weight is 226 g/mol. The number of carbonyl (C=O) groups is 1. The molecule has 3 nitrogen and oxygen atoms in total. The minimum Gasteiger partial charge on any atom is -0.343 e. The number of amides is 1. The highest BCUT2D eigenvalue weighted by molar-refractivity contribution is 5.76. The van der Waals surface area contributed by atoms with E-state index < -0.39 is 0 Å². The van der Waals surface area contributed by atoms with Gasteiger partial charge in [-0.3, -0.25) is 4.79 Å². The van der Waals surface area contributed by atoms with Crippen LogP contribution in [0.25, 0.3) is 0 Å². The molecule has 1 heterocycles. The Morgan fingerprint density at radius 1 is 1.31 bits per heavy atom. The Hall–Kier alpha value is -0.570. The molecule has 1 aliphatic rings. The maximum atomic E-state index is 11.8. The zero-order valence-electron chi connectivity index (χ0n) is 10.8. The summed E-state index contributed by atoms with van der Waals surface area (Å²) in [6, 6.07) is 0. The third kappa shape index (κ3) is 4.52. The first kappa shape index (κ1) is 13.5. The minimum absolute atomic E-state index is 0.330. The molecule has 0 aromatic heterocycles. The van der Waals surface area contributed by atoms with Gasteiger partial charge < -0.3 is 10.2 Å². The van der Waals surface area contributed by atoms with E-state index in [-0.39, 0.29) is 0 Å². The molecule has 0 aliphatic carbocycles. The van der Waals surface area contributed by atoms with Crippen molar-refractivity contribution < 1.29 is 4.79 Å². The highest BCUT2D eigenvalue weighted by Crippen LogP contribution is 2.21. The van der Waals surface area contributed by atoms with Crippen molar-refractivity contribution in [3.05, 3.63) is 0 Å². The van der Waals surface area contributed by atoms with E-state index in [2.05, 4.69) is 19.2 Å². The first-order chi connectivity index (χ1) is 7.77. The molecule has 94 valence electrons. The Morgan fingerprint density at radius 2 is 2.00 bits per heavy atom. The molecule has 1 saturated heterocycles. The smallest absolute Gasteiger partial charge is 0.223 e. The summed E-state index contributed by atoms with van der Waals surface area (Å²) in [5.41, 5.74) is 0. The second-order valence-corrected chi connectivity index (χ2v) is 4.72. The van der Waals surface area contributed by atoms with Crippen molar-refractivity contribution in [2.45, 2.75) is 46.0 Å². The summed E-state index contributed by atoms with van der Waals surface area (Å²) in [6.45, 7) is 8.05. The molecule has 1 fully saturated rings. The van der Waals surface area contributed by atoms with Crippen LogP contribution in [0.4, 0.5) is 0 Å². The number of nitrogens with zero attached hydrogens (tertiary/aromatic N) is 1. The van der Waals surface area contributed by atoms with Crippen LogP contribution in [-0.2, 0) is 4.79 Å². The molecule has 0 spiro atoms. The van der Waals surface area contributed by atoms with Gasteiger partial charge in [0.1, 0.15) is 0 Å². The Morgan fingerprint density at radius 3 is 2.56 bits per heavy atom. The number of carbonyl (C=O) groups excluding carboxylic acids is 1. The molecule has 0 atom stereocenters. The molecule has 1 amide bonds.